The lowest BCUT2D eigenvalue weighted by atomic mass is 9.90. The van der Waals surface area contributed by atoms with Crippen LogP contribution in [0.1, 0.15) is 48.1 Å². The molecule has 6 heteroatoms. The van der Waals surface area contributed by atoms with Crippen LogP contribution in [0.3, 0.4) is 0 Å². The van der Waals surface area contributed by atoms with E-state index in [2.05, 4.69) is 28.4 Å². The zero-order valence-corrected chi connectivity index (χ0v) is 17.9. The van der Waals surface area contributed by atoms with Crippen LogP contribution in [0.15, 0.2) is 30.3 Å². The highest BCUT2D eigenvalue weighted by Crippen LogP contribution is 2.29. The van der Waals surface area contributed by atoms with Gasteiger partial charge in [0.15, 0.2) is 0 Å². The standard InChI is InChI=1S/C24H30N4O2/c1-17-18(2)28(15-19-8-4-3-5-9-19)24(20(17)14-25)26-23(29)16-27-12-13-30-22-11-7-6-10-21(22)27/h3-5,8-9,21-22H,6-7,10-13,15-16H2,1-2H3,(H,26,29). The van der Waals surface area contributed by atoms with Gasteiger partial charge in [0.25, 0.3) is 0 Å². The minimum absolute atomic E-state index is 0.0652. The van der Waals surface area contributed by atoms with Gasteiger partial charge in [0, 0.05) is 24.8 Å². The molecule has 0 bridgehead atoms. The third kappa shape index (κ3) is 4.14. The number of benzene rings is 1. The Bertz CT molecular complexity index is 942. The van der Waals surface area contributed by atoms with Crippen LogP contribution in [0.25, 0.3) is 0 Å². The monoisotopic (exact) mass is 406 g/mol. The van der Waals surface area contributed by atoms with Gasteiger partial charge in [-0.1, -0.05) is 43.2 Å². The summed E-state index contributed by atoms with van der Waals surface area (Å²) in [6, 6.07) is 12.7. The molecule has 1 saturated heterocycles. The summed E-state index contributed by atoms with van der Waals surface area (Å²) in [6.45, 7) is 6.36. The molecule has 1 aliphatic carbocycles. The number of aromatic nitrogens is 1. The summed E-state index contributed by atoms with van der Waals surface area (Å²) >= 11 is 0. The van der Waals surface area contributed by atoms with Crippen molar-refractivity contribution in [3.8, 4) is 6.07 Å². The molecule has 30 heavy (non-hydrogen) atoms. The normalized spacial score (nSPS) is 21.6. The van der Waals surface area contributed by atoms with Gasteiger partial charge in [-0.05, 0) is 37.8 Å². The molecule has 0 radical (unpaired) electrons. The van der Waals surface area contributed by atoms with Gasteiger partial charge >= 0.3 is 0 Å². The molecule has 2 aliphatic rings. The molecule has 1 amide bonds. The number of anilines is 1. The summed E-state index contributed by atoms with van der Waals surface area (Å²) in [6.07, 6.45) is 4.82. The number of fused-ring (bicyclic) bond motifs is 1. The molecule has 2 atom stereocenters. The number of nitrogens with zero attached hydrogens (tertiary/aromatic N) is 3. The van der Waals surface area contributed by atoms with Crippen LogP contribution < -0.4 is 5.32 Å². The maximum absolute atomic E-state index is 13.0. The maximum Gasteiger partial charge on any atom is 0.239 e. The van der Waals surface area contributed by atoms with E-state index in [-0.39, 0.29) is 12.0 Å². The van der Waals surface area contributed by atoms with Crippen LogP contribution in [0.4, 0.5) is 5.82 Å². The molecule has 2 unspecified atom stereocenters. The molecule has 158 valence electrons. The van der Waals surface area contributed by atoms with Crippen LogP contribution in [-0.4, -0.2) is 47.2 Å². The van der Waals surface area contributed by atoms with Gasteiger partial charge in [-0.25, -0.2) is 0 Å². The summed E-state index contributed by atoms with van der Waals surface area (Å²) in [4.78, 5) is 15.3. The van der Waals surface area contributed by atoms with E-state index in [0.29, 0.717) is 37.1 Å². The van der Waals surface area contributed by atoms with Crippen LogP contribution in [-0.2, 0) is 16.1 Å². The van der Waals surface area contributed by atoms with Crippen molar-refractivity contribution in [2.24, 2.45) is 0 Å². The number of ether oxygens (including phenoxy) is 1. The number of hydrogen-bond acceptors (Lipinski definition) is 4. The van der Waals surface area contributed by atoms with E-state index in [4.69, 9.17) is 4.74 Å². The van der Waals surface area contributed by atoms with Crippen molar-refractivity contribution in [3.05, 3.63) is 52.7 Å². The van der Waals surface area contributed by atoms with Crippen molar-refractivity contribution in [2.75, 3.05) is 25.0 Å². The van der Waals surface area contributed by atoms with E-state index in [1.54, 1.807) is 0 Å². The quantitative estimate of drug-likeness (QED) is 0.824. The van der Waals surface area contributed by atoms with Gasteiger partial charge in [0.05, 0.1) is 24.8 Å². The number of carbonyl (C=O) groups is 1. The van der Waals surface area contributed by atoms with Crippen LogP contribution in [0.5, 0.6) is 0 Å². The molecular weight excluding hydrogens is 376 g/mol. The van der Waals surface area contributed by atoms with E-state index in [0.717, 1.165) is 36.2 Å². The van der Waals surface area contributed by atoms with Crippen molar-refractivity contribution in [2.45, 2.75) is 58.2 Å². The third-order valence-corrected chi connectivity index (χ3v) is 6.58. The SMILES string of the molecule is Cc1c(C#N)c(NC(=O)CN2CCOC3CCCCC32)n(Cc2ccccc2)c1C. The van der Waals surface area contributed by atoms with Gasteiger partial charge in [-0.2, -0.15) is 5.26 Å². The Morgan fingerprint density at radius 1 is 1.23 bits per heavy atom. The highest BCUT2D eigenvalue weighted by Gasteiger charge is 2.35. The number of nitrogens with one attached hydrogen (secondary N) is 1. The third-order valence-electron chi connectivity index (χ3n) is 6.58. The molecule has 2 heterocycles. The summed E-state index contributed by atoms with van der Waals surface area (Å²) < 4.78 is 7.98. The van der Waals surface area contributed by atoms with Crippen molar-refractivity contribution in [1.82, 2.24) is 9.47 Å². The fraction of sp³-hybridized carbons (Fsp3) is 0.500. The fourth-order valence-corrected chi connectivity index (χ4v) is 4.82. The minimum atomic E-state index is -0.0652. The van der Waals surface area contributed by atoms with Crippen molar-refractivity contribution in [1.29, 1.82) is 5.26 Å². The maximum atomic E-state index is 13.0. The Labute approximate surface area is 178 Å². The minimum Gasteiger partial charge on any atom is -0.375 e. The first-order valence-corrected chi connectivity index (χ1v) is 10.9. The van der Waals surface area contributed by atoms with Gasteiger partial charge in [0.2, 0.25) is 5.91 Å². The molecule has 6 nitrogen and oxygen atoms in total. The molecule has 1 saturated carbocycles. The molecule has 1 aromatic heterocycles. The molecule has 0 spiro atoms. The molecular formula is C24H30N4O2. The predicted molar refractivity (Wildman–Crippen MR) is 116 cm³/mol. The summed E-state index contributed by atoms with van der Waals surface area (Å²) in [7, 11) is 0. The van der Waals surface area contributed by atoms with E-state index in [9.17, 15) is 10.1 Å². The Balaban J connectivity index is 1.54. The zero-order chi connectivity index (χ0) is 21.1. The molecule has 4 rings (SSSR count). The highest BCUT2D eigenvalue weighted by molar-refractivity contribution is 5.93. The number of morpholine rings is 1. The second kappa shape index (κ2) is 9.03. The molecule has 1 aromatic carbocycles. The predicted octanol–water partition coefficient (Wildman–Crippen LogP) is 3.61. The molecule has 1 aliphatic heterocycles. The lowest BCUT2D eigenvalue weighted by molar-refractivity contribution is -0.124. The number of rotatable bonds is 5. The van der Waals surface area contributed by atoms with Gasteiger partial charge in [-0.15, -0.1) is 0 Å². The average Bonchev–Trinajstić information content (AvgIpc) is 2.98. The topological polar surface area (TPSA) is 70.3 Å². The lowest BCUT2D eigenvalue weighted by Crippen LogP contribution is -2.54. The first-order chi connectivity index (χ1) is 14.6. The van der Waals surface area contributed by atoms with Gasteiger partial charge in [-0.3, -0.25) is 9.69 Å². The lowest BCUT2D eigenvalue weighted by Gasteiger charge is -2.43. The summed E-state index contributed by atoms with van der Waals surface area (Å²) in [5, 5.41) is 12.8. The van der Waals surface area contributed by atoms with Gasteiger partial charge < -0.3 is 14.6 Å². The van der Waals surface area contributed by atoms with Crippen molar-refractivity contribution >= 4 is 11.7 Å². The van der Waals surface area contributed by atoms with Gasteiger partial charge in [0.1, 0.15) is 11.9 Å². The van der Waals surface area contributed by atoms with E-state index < -0.39 is 0 Å². The summed E-state index contributed by atoms with van der Waals surface area (Å²) in [5.74, 6) is 0.541. The number of hydrogen-bond donors (Lipinski definition) is 1. The van der Waals surface area contributed by atoms with Crippen LogP contribution in [0, 0.1) is 25.2 Å². The Kier molecular flexibility index (Phi) is 6.21. The van der Waals surface area contributed by atoms with E-state index in [1.807, 2.05) is 36.6 Å². The molecule has 1 N–H and O–H groups in total. The summed E-state index contributed by atoms with van der Waals surface area (Å²) in [5.41, 5.74) is 3.61. The Hall–Kier alpha value is -2.62. The first kappa shape index (κ1) is 20.6. The smallest absolute Gasteiger partial charge is 0.239 e. The molecule has 2 fully saturated rings. The number of nitriles is 1. The molecule has 2 aromatic rings. The van der Waals surface area contributed by atoms with E-state index >= 15 is 0 Å². The van der Waals surface area contributed by atoms with Crippen molar-refractivity contribution < 1.29 is 9.53 Å². The highest BCUT2D eigenvalue weighted by atomic mass is 16.5. The average molecular weight is 407 g/mol. The number of carbonyl (C=O) groups excluding carboxylic acids is 1. The second-order valence-corrected chi connectivity index (χ2v) is 8.40. The second-order valence-electron chi connectivity index (χ2n) is 8.40. The zero-order valence-electron chi connectivity index (χ0n) is 17.9. The largest absolute Gasteiger partial charge is 0.375 e. The van der Waals surface area contributed by atoms with Crippen LogP contribution >= 0.6 is 0 Å². The van der Waals surface area contributed by atoms with Crippen molar-refractivity contribution in [3.63, 3.8) is 0 Å². The first-order valence-electron chi connectivity index (χ1n) is 10.9. The Morgan fingerprint density at radius 3 is 2.77 bits per heavy atom. The Morgan fingerprint density at radius 2 is 2.00 bits per heavy atom. The van der Waals surface area contributed by atoms with E-state index in [1.165, 1.54) is 12.8 Å². The van der Waals surface area contributed by atoms with Crippen LogP contribution in [0.2, 0.25) is 0 Å². The number of amides is 1. The fourth-order valence-electron chi connectivity index (χ4n) is 4.82.